The van der Waals surface area contributed by atoms with Crippen LogP contribution in [0.15, 0.2) is 30.5 Å². The number of rotatable bonds is 4. The molecule has 0 spiro atoms. The van der Waals surface area contributed by atoms with Crippen molar-refractivity contribution in [2.45, 2.75) is 52.0 Å². The summed E-state index contributed by atoms with van der Waals surface area (Å²) in [5.41, 5.74) is 5.78. The fourth-order valence-corrected chi connectivity index (χ4v) is 5.08. The minimum atomic E-state index is 0.0732. The molecule has 1 aliphatic carbocycles. The topological polar surface area (TPSA) is 52.6 Å². The van der Waals surface area contributed by atoms with Gasteiger partial charge in [-0.3, -0.25) is 9.69 Å². The van der Waals surface area contributed by atoms with Gasteiger partial charge in [0.1, 0.15) is 0 Å². The molecule has 2 aliphatic heterocycles. The van der Waals surface area contributed by atoms with E-state index in [0.29, 0.717) is 13.1 Å². The molecule has 3 heterocycles. The van der Waals surface area contributed by atoms with Gasteiger partial charge in [-0.2, -0.15) is 0 Å². The molecule has 0 N–H and O–H groups in total. The van der Waals surface area contributed by atoms with Crippen LogP contribution >= 0.6 is 0 Å². The van der Waals surface area contributed by atoms with Gasteiger partial charge in [0.25, 0.3) is 0 Å². The van der Waals surface area contributed by atoms with Crippen LogP contribution in [0.25, 0.3) is 6.08 Å². The monoisotopic (exact) mass is 445 g/mol. The van der Waals surface area contributed by atoms with Crippen LogP contribution in [0.3, 0.4) is 0 Å². The number of amides is 1. The number of carbonyl (C=O) groups is 1. The van der Waals surface area contributed by atoms with Gasteiger partial charge in [0.15, 0.2) is 0 Å². The van der Waals surface area contributed by atoms with E-state index >= 15 is 0 Å². The van der Waals surface area contributed by atoms with Crippen molar-refractivity contribution in [3.8, 4) is 0 Å². The van der Waals surface area contributed by atoms with Gasteiger partial charge in [0, 0.05) is 64.0 Å². The first-order valence-electron chi connectivity index (χ1n) is 12.4. The van der Waals surface area contributed by atoms with Crippen molar-refractivity contribution in [3.05, 3.63) is 58.4 Å². The van der Waals surface area contributed by atoms with Gasteiger partial charge >= 0.3 is 0 Å². The highest BCUT2D eigenvalue weighted by molar-refractivity contribution is 5.92. The molecular formula is C27H35N5O. The summed E-state index contributed by atoms with van der Waals surface area (Å²) in [6, 6.07) is 7.14. The Morgan fingerprint density at radius 2 is 1.82 bits per heavy atom. The SMILES string of the molecule is Cc1ccc(C)c(C=CC(=O)N2CCc3cnc(N4CCN(C5CCC5)CC4)nc3CC2)c1. The lowest BCUT2D eigenvalue weighted by molar-refractivity contribution is -0.125. The molecule has 1 aromatic carbocycles. The molecule has 33 heavy (non-hydrogen) atoms. The van der Waals surface area contributed by atoms with Gasteiger partial charge in [-0.25, -0.2) is 9.97 Å². The van der Waals surface area contributed by atoms with E-state index in [2.05, 4.69) is 41.8 Å². The van der Waals surface area contributed by atoms with Crippen molar-refractivity contribution in [2.75, 3.05) is 44.2 Å². The van der Waals surface area contributed by atoms with Crippen molar-refractivity contribution < 1.29 is 4.79 Å². The summed E-state index contributed by atoms with van der Waals surface area (Å²) in [6.07, 6.45) is 11.4. The first-order chi connectivity index (χ1) is 16.1. The largest absolute Gasteiger partial charge is 0.338 e. The van der Waals surface area contributed by atoms with Gasteiger partial charge in [-0.05, 0) is 55.9 Å². The van der Waals surface area contributed by atoms with Crippen molar-refractivity contribution in [1.82, 2.24) is 19.8 Å². The number of fused-ring (bicyclic) bond motifs is 1. The maximum atomic E-state index is 12.9. The van der Waals surface area contributed by atoms with E-state index in [4.69, 9.17) is 9.97 Å². The van der Waals surface area contributed by atoms with Gasteiger partial charge in [-0.1, -0.05) is 30.2 Å². The molecule has 5 rings (SSSR count). The quantitative estimate of drug-likeness (QED) is 0.675. The first-order valence-corrected chi connectivity index (χ1v) is 12.4. The van der Waals surface area contributed by atoms with Crippen LogP contribution in [0, 0.1) is 13.8 Å². The fraction of sp³-hybridized carbons (Fsp3) is 0.519. The third-order valence-electron chi connectivity index (χ3n) is 7.55. The Hall–Kier alpha value is -2.73. The maximum absolute atomic E-state index is 12.9. The van der Waals surface area contributed by atoms with Crippen molar-refractivity contribution in [2.24, 2.45) is 0 Å². The second kappa shape index (κ2) is 9.64. The normalized spacial score (nSPS) is 19.9. The molecule has 6 nitrogen and oxygen atoms in total. The Morgan fingerprint density at radius 1 is 1.03 bits per heavy atom. The van der Waals surface area contributed by atoms with Crippen LogP contribution in [0.5, 0.6) is 0 Å². The van der Waals surface area contributed by atoms with E-state index in [0.717, 1.165) is 62.3 Å². The summed E-state index contributed by atoms with van der Waals surface area (Å²) in [5.74, 6) is 0.931. The van der Waals surface area contributed by atoms with Gasteiger partial charge in [0.2, 0.25) is 11.9 Å². The highest BCUT2D eigenvalue weighted by Gasteiger charge is 2.29. The summed E-state index contributed by atoms with van der Waals surface area (Å²) < 4.78 is 0. The predicted octanol–water partition coefficient (Wildman–Crippen LogP) is 3.41. The van der Waals surface area contributed by atoms with E-state index in [1.165, 1.54) is 36.0 Å². The minimum Gasteiger partial charge on any atom is -0.338 e. The van der Waals surface area contributed by atoms with Crippen LogP contribution in [-0.2, 0) is 17.6 Å². The highest BCUT2D eigenvalue weighted by Crippen LogP contribution is 2.26. The summed E-state index contributed by atoms with van der Waals surface area (Å²) in [5, 5.41) is 0. The smallest absolute Gasteiger partial charge is 0.246 e. The summed E-state index contributed by atoms with van der Waals surface area (Å²) in [4.78, 5) is 29.5. The lowest BCUT2D eigenvalue weighted by Crippen LogP contribution is -2.52. The third kappa shape index (κ3) is 4.96. The molecule has 0 bridgehead atoms. The van der Waals surface area contributed by atoms with E-state index in [9.17, 15) is 4.79 Å². The van der Waals surface area contributed by atoms with Crippen LogP contribution in [0.4, 0.5) is 5.95 Å². The summed E-state index contributed by atoms with van der Waals surface area (Å²) in [7, 11) is 0. The Labute approximate surface area is 197 Å². The van der Waals surface area contributed by atoms with Gasteiger partial charge in [0.05, 0.1) is 5.69 Å². The molecule has 0 unspecified atom stereocenters. The van der Waals surface area contributed by atoms with E-state index in [1.54, 1.807) is 6.08 Å². The molecule has 2 fully saturated rings. The Kier molecular flexibility index (Phi) is 6.45. The number of nitrogens with zero attached hydrogens (tertiary/aromatic N) is 5. The molecule has 0 radical (unpaired) electrons. The summed E-state index contributed by atoms with van der Waals surface area (Å²) in [6.45, 7) is 9.80. The number of anilines is 1. The van der Waals surface area contributed by atoms with Crippen molar-refractivity contribution in [1.29, 1.82) is 0 Å². The zero-order valence-corrected chi connectivity index (χ0v) is 20.0. The minimum absolute atomic E-state index is 0.0732. The molecule has 6 heteroatoms. The molecular weight excluding hydrogens is 410 g/mol. The molecule has 174 valence electrons. The molecule has 1 saturated carbocycles. The Balaban J connectivity index is 1.20. The predicted molar refractivity (Wildman–Crippen MR) is 132 cm³/mol. The average molecular weight is 446 g/mol. The maximum Gasteiger partial charge on any atom is 0.246 e. The second-order valence-corrected chi connectivity index (χ2v) is 9.77. The molecule has 0 atom stereocenters. The average Bonchev–Trinajstić information content (AvgIpc) is 3.01. The van der Waals surface area contributed by atoms with Crippen LogP contribution in [-0.4, -0.2) is 71.0 Å². The molecule has 1 saturated heterocycles. The van der Waals surface area contributed by atoms with E-state index < -0.39 is 0 Å². The number of aryl methyl sites for hydroxylation is 2. The van der Waals surface area contributed by atoms with Crippen LogP contribution in [0.2, 0.25) is 0 Å². The second-order valence-electron chi connectivity index (χ2n) is 9.77. The van der Waals surface area contributed by atoms with Crippen LogP contribution < -0.4 is 4.90 Å². The fourth-order valence-electron chi connectivity index (χ4n) is 5.08. The zero-order valence-electron chi connectivity index (χ0n) is 20.0. The number of piperazine rings is 1. The lowest BCUT2D eigenvalue weighted by Gasteiger charge is -2.43. The molecule has 2 aromatic rings. The van der Waals surface area contributed by atoms with Crippen molar-refractivity contribution >= 4 is 17.9 Å². The Bertz CT molecular complexity index is 1040. The van der Waals surface area contributed by atoms with Gasteiger partial charge < -0.3 is 9.80 Å². The Morgan fingerprint density at radius 3 is 2.58 bits per heavy atom. The highest BCUT2D eigenvalue weighted by atomic mass is 16.2. The number of hydrogen-bond donors (Lipinski definition) is 0. The van der Waals surface area contributed by atoms with E-state index in [-0.39, 0.29) is 5.91 Å². The van der Waals surface area contributed by atoms with Crippen molar-refractivity contribution in [3.63, 3.8) is 0 Å². The molecule has 1 aromatic heterocycles. The summed E-state index contributed by atoms with van der Waals surface area (Å²) >= 11 is 0. The molecule has 3 aliphatic rings. The number of hydrogen-bond acceptors (Lipinski definition) is 5. The number of benzene rings is 1. The third-order valence-corrected chi connectivity index (χ3v) is 7.55. The number of carbonyl (C=O) groups excluding carboxylic acids is 1. The van der Waals surface area contributed by atoms with Gasteiger partial charge in [-0.15, -0.1) is 0 Å². The standard InChI is InChI=1S/C27H35N5O/c1-20-6-7-21(2)22(18-20)8-9-26(33)31-12-10-23-19-28-27(29-25(23)11-13-31)32-16-14-30(15-17-32)24-4-3-5-24/h6-9,18-19,24H,3-5,10-17H2,1-2H3. The number of aromatic nitrogens is 2. The van der Waals surface area contributed by atoms with Crippen LogP contribution in [0.1, 0.15) is 47.2 Å². The lowest BCUT2D eigenvalue weighted by atomic mass is 9.91. The van der Waals surface area contributed by atoms with E-state index in [1.807, 2.05) is 17.2 Å². The zero-order chi connectivity index (χ0) is 22.8. The molecule has 1 amide bonds. The first kappa shape index (κ1) is 22.1.